The molecule has 0 atom stereocenters. The Morgan fingerprint density at radius 3 is 2.16 bits per heavy atom. The average molecular weight is 542 g/mol. The van der Waals surface area contributed by atoms with Crippen molar-refractivity contribution < 1.29 is 24.2 Å². The number of hydrogen-bond acceptors (Lipinski definition) is 4. The number of anilines is 1. The number of halogens is 1. The smallest absolute Gasteiger partial charge is 0.411 e. The molecule has 0 heterocycles. The van der Waals surface area contributed by atoms with Crippen molar-refractivity contribution in [3.8, 4) is 11.1 Å². The molecule has 0 aliphatic heterocycles. The molecule has 0 fully saturated rings. The Labute approximate surface area is 197 Å². The van der Waals surface area contributed by atoms with Crippen LogP contribution >= 0.6 is 22.6 Å². The van der Waals surface area contributed by atoms with Crippen molar-refractivity contribution in [3.05, 3.63) is 87.0 Å². The number of carboxylic acid groups (broad SMARTS) is 1. The van der Waals surface area contributed by atoms with Gasteiger partial charge in [-0.05, 0) is 63.0 Å². The summed E-state index contributed by atoms with van der Waals surface area (Å²) in [5.41, 5.74) is 5.37. The van der Waals surface area contributed by atoms with Crippen molar-refractivity contribution in [1.82, 2.24) is 5.32 Å². The van der Waals surface area contributed by atoms with Crippen molar-refractivity contribution in [2.45, 2.75) is 5.92 Å². The number of ether oxygens (including phenoxy) is 1. The number of aliphatic carboxylic acids is 1. The SMILES string of the molecule is O=C(O)CNC(=O)c1ccc(NC(=O)OCC2c3ccccc3-c3ccccc32)c(I)c1. The van der Waals surface area contributed by atoms with Gasteiger partial charge < -0.3 is 15.2 Å². The predicted molar refractivity (Wildman–Crippen MR) is 128 cm³/mol. The first-order valence-electron chi connectivity index (χ1n) is 9.85. The molecule has 4 rings (SSSR count). The Hall–Kier alpha value is -3.40. The van der Waals surface area contributed by atoms with Crippen LogP contribution in [0.1, 0.15) is 27.4 Å². The van der Waals surface area contributed by atoms with Gasteiger partial charge in [0.05, 0.1) is 5.69 Å². The summed E-state index contributed by atoms with van der Waals surface area (Å²) in [4.78, 5) is 35.0. The minimum atomic E-state index is -1.12. The van der Waals surface area contributed by atoms with Crippen LogP contribution in [0.5, 0.6) is 0 Å². The molecule has 0 unspecified atom stereocenters. The molecule has 32 heavy (non-hydrogen) atoms. The number of carbonyl (C=O) groups excluding carboxylic acids is 2. The zero-order chi connectivity index (χ0) is 22.7. The van der Waals surface area contributed by atoms with E-state index in [-0.39, 0.29) is 12.5 Å². The van der Waals surface area contributed by atoms with Gasteiger partial charge in [0.2, 0.25) is 0 Å². The van der Waals surface area contributed by atoms with Gasteiger partial charge in [0.1, 0.15) is 13.2 Å². The Balaban J connectivity index is 1.41. The lowest BCUT2D eigenvalue weighted by Crippen LogP contribution is -2.29. The topological polar surface area (TPSA) is 105 Å². The molecule has 0 spiro atoms. The third-order valence-electron chi connectivity index (χ3n) is 5.21. The van der Waals surface area contributed by atoms with Crippen molar-refractivity contribution in [3.63, 3.8) is 0 Å². The van der Waals surface area contributed by atoms with Crippen LogP contribution in [-0.2, 0) is 9.53 Å². The van der Waals surface area contributed by atoms with Crippen LogP contribution in [0.2, 0.25) is 0 Å². The van der Waals surface area contributed by atoms with E-state index < -0.39 is 24.5 Å². The molecule has 3 N–H and O–H groups in total. The molecule has 0 saturated carbocycles. The molecule has 1 aliphatic carbocycles. The van der Waals surface area contributed by atoms with E-state index in [1.165, 1.54) is 6.07 Å². The molecule has 0 radical (unpaired) electrons. The van der Waals surface area contributed by atoms with Crippen molar-refractivity contribution in [2.24, 2.45) is 0 Å². The highest BCUT2D eigenvalue weighted by molar-refractivity contribution is 14.1. The van der Waals surface area contributed by atoms with Gasteiger partial charge in [0, 0.05) is 15.1 Å². The summed E-state index contributed by atoms with van der Waals surface area (Å²) in [7, 11) is 0. The number of rotatable bonds is 6. The Bertz CT molecular complexity index is 1160. The second-order valence-corrected chi connectivity index (χ2v) is 8.38. The Kier molecular flexibility index (Phi) is 6.40. The van der Waals surface area contributed by atoms with Crippen LogP contribution in [0.25, 0.3) is 11.1 Å². The van der Waals surface area contributed by atoms with E-state index in [1.54, 1.807) is 12.1 Å². The molecular formula is C24H19IN2O5. The minimum Gasteiger partial charge on any atom is -0.480 e. The van der Waals surface area contributed by atoms with Gasteiger partial charge in [-0.3, -0.25) is 14.9 Å². The second kappa shape index (κ2) is 9.39. The summed E-state index contributed by atoms with van der Waals surface area (Å²) in [5, 5.41) is 13.7. The van der Waals surface area contributed by atoms with Crippen LogP contribution in [0.3, 0.4) is 0 Å². The Morgan fingerprint density at radius 2 is 1.56 bits per heavy atom. The van der Waals surface area contributed by atoms with Gasteiger partial charge in [-0.2, -0.15) is 0 Å². The summed E-state index contributed by atoms with van der Waals surface area (Å²) >= 11 is 2.00. The zero-order valence-electron chi connectivity index (χ0n) is 16.8. The van der Waals surface area contributed by atoms with Gasteiger partial charge in [-0.25, -0.2) is 4.79 Å². The highest BCUT2D eigenvalue weighted by Crippen LogP contribution is 2.44. The maximum absolute atomic E-state index is 12.5. The van der Waals surface area contributed by atoms with E-state index in [9.17, 15) is 14.4 Å². The summed E-state index contributed by atoms with van der Waals surface area (Å²) < 4.78 is 6.17. The van der Waals surface area contributed by atoms with Crippen molar-refractivity contribution in [2.75, 3.05) is 18.5 Å². The molecule has 0 aromatic heterocycles. The van der Waals surface area contributed by atoms with Gasteiger partial charge in [0.15, 0.2) is 0 Å². The highest BCUT2D eigenvalue weighted by Gasteiger charge is 2.29. The standard InChI is InChI=1S/C24H19IN2O5/c25-20-11-14(23(30)26-12-22(28)29)9-10-21(20)27-24(31)32-13-19-17-7-3-1-5-15(17)16-6-2-4-8-18(16)19/h1-11,19H,12-13H2,(H,26,30)(H,27,31)(H,28,29). The number of fused-ring (bicyclic) bond motifs is 3. The normalized spacial score (nSPS) is 11.9. The van der Waals surface area contributed by atoms with E-state index >= 15 is 0 Å². The van der Waals surface area contributed by atoms with Crippen LogP contribution in [0.4, 0.5) is 10.5 Å². The first kappa shape index (κ1) is 21.8. The third kappa shape index (κ3) is 4.59. The summed E-state index contributed by atoms with van der Waals surface area (Å²) in [6, 6.07) is 20.9. The predicted octanol–water partition coefficient (Wildman–Crippen LogP) is 4.47. The molecule has 0 bridgehead atoms. The fraction of sp³-hybridized carbons (Fsp3) is 0.125. The quantitative estimate of drug-likeness (QED) is 0.399. The zero-order valence-corrected chi connectivity index (χ0v) is 19.0. The molecule has 3 aromatic rings. The number of nitrogens with one attached hydrogen (secondary N) is 2. The van der Waals surface area contributed by atoms with Gasteiger partial charge in [-0.1, -0.05) is 48.5 Å². The lowest BCUT2D eigenvalue weighted by molar-refractivity contribution is -0.135. The molecule has 162 valence electrons. The molecule has 3 aromatic carbocycles. The molecule has 2 amide bonds. The van der Waals surface area contributed by atoms with Crippen molar-refractivity contribution in [1.29, 1.82) is 0 Å². The molecule has 7 nitrogen and oxygen atoms in total. The largest absolute Gasteiger partial charge is 0.480 e. The average Bonchev–Trinajstić information content (AvgIpc) is 3.11. The van der Waals surface area contributed by atoms with Crippen LogP contribution in [-0.4, -0.2) is 36.2 Å². The summed E-state index contributed by atoms with van der Waals surface area (Å²) in [5.74, 6) is -1.66. The van der Waals surface area contributed by atoms with Gasteiger partial charge >= 0.3 is 12.1 Å². The number of carboxylic acids is 1. The second-order valence-electron chi connectivity index (χ2n) is 7.22. The van der Waals surface area contributed by atoms with Gasteiger partial charge in [-0.15, -0.1) is 0 Å². The lowest BCUT2D eigenvalue weighted by atomic mass is 9.98. The first-order chi connectivity index (χ1) is 15.4. The number of amides is 2. The van der Waals surface area contributed by atoms with Crippen LogP contribution < -0.4 is 10.6 Å². The molecule has 1 aliphatic rings. The van der Waals surface area contributed by atoms with E-state index in [2.05, 4.69) is 34.9 Å². The van der Waals surface area contributed by atoms with Gasteiger partial charge in [0.25, 0.3) is 5.91 Å². The fourth-order valence-electron chi connectivity index (χ4n) is 3.76. The number of hydrogen-bond donors (Lipinski definition) is 3. The van der Waals surface area contributed by atoms with E-state index in [0.29, 0.717) is 14.8 Å². The van der Waals surface area contributed by atoms with E-state index in [0.717, 1.165) is 22.3 Å². The highest BCUT2D eigenvalue weighted by atomic mass is 127. The fourth-order valence-corrected chi connectivity index (χ4v) is 4.41. The van der Waals surface area contributed by atoms with Crippen LogP contribution in [0.15, 0.2) is 66.7 Å². The molecule has 8 heteroatoms. The summed E-state index contributed by atoms with van der Waals surface area (Å²) in [6.07, 6.45) is -0.590. The Morgan fingerprint density at radius 1 is 0.938 bits per heavy atom. The maximum Gasteiger partial charge on any atom is 0.411 e. The van der Waals surface area contributed by atoms with Crippen LogP contribution in [0, 0.1) is 3.57 Å². The molecular weight excluding hydrogens is 523 g/mol. The number of benzene rings is 3. The lowest BCUT2D eigenvalue weighted by Gasteiger charge is -2.15. The minimum absolute atomic E-state index is 0.0347. The third-order valence-corrected chi connectivity index (χ3v) is 6.10. The van der Waals surface area contributed by atoms with Crippen molar-refractivity contribution >= 4 is 46.2 Å². The van der Waals surface area contributed by atoms with E-state index in [1.807, 2.05) is 46.9 Å². The monoisotopic (exact) mass is 542 g/mol. The van der Waals surface area contributed by atoms with E-state index in [4.69, 9.17) is 9.84 Å². The summed E-state index contributed by atoms with van der Waals surface area (Å²) in [6.45, 7) is -0.263. The maximum atomic E-state index is 12.5. The number of carbonyl (C=O) groups is 3. The first-order valence-corrected chi connectivity index (χ1v) is 10.9. The molecule has 0 saturated heterocycles.